The van der Waals surface area contributed by atoms with Gasteiger partial charge in [-0.1, -0.05) is 12.8 Å². The van der Waals surface area contributed by atoms with E-state index in [0.29, 0.717) is 0 Å². The Hall–Kier alpha value is -0.0800. The van der Waals surface area contributed by atoms with Crippen LogP contribution >= 0.6 is 0 Å². The maximum atomic E-state index is 2.52. The highest BCUT2D eigenvalue weighted by atomic mass is 15.4. The van der Waals surface area contributed by atoms with E-state index in [1.165, 1.54) is 73.9 Å². The SMILES string of the molecule is CC[N+](C)(CC)CC[N+]1(C)CC2CCCCC2C1. The molecule has 1 heterocycles. The van der Waals surface area contributed by atoms with Crippen LogP contribution in [0.2, 0.25) is 0 Å². The maximum Gasteiger partial charge on any atom is 0.128 e. The molecule has 0 radical (unpaired) electrons. The summed E-state index contributed by atoms with van der Waals surface area (Å²) in [5.41, 5.74) is 0. The van der Waals surface area contributed by atoms with Crippen molar-refractivity contribution in [3.63, 3.8) is 0 Å². The molecule has 2 aliphatic rings. The van der Waals surface area contributed by atoms with E-state index in [-0.39, 0.29) is 0 Å². The van der Waals surface area contributed by atoms with Crippen LogP contribution in [-0.2, 0) is 0 Å². The van der Waals surface area contributed by atoms with Crippen molar-refractivity contribution < 1.29 is 8.97 Å². The lowest BCUT2D eigenvalue weighted by atomic mass is 9.82. The average molecular weight is 254 g/mol. The van der Waals surface area contributed by atoms with E-state index in [1.807, 2.05) is 0 Å². The van der Waals surface area contributed by atoms with Crippen LogP contribution in [0.1, 0.15) is 39.5 Å². The van der Waals surface area contributed by atoms with Crippen LogP contribution in [0.4, 0.5) is 0 Å². The van der Waals surface area contributed by atoms with Crippen LogP contribution in [0.3, 0.4) is 0 Å². The van der Waals surface area contributed by atoms with Crippen molar-refractivity contribution >= 4 is 0 Å². The third kappa shape index (κ3) is 3.08. The second-order valence-corrected chi connectivity index (χ2v) is 7.49. The van der Waals surface area contributed by atoms with Crippen LogP contribution in [0, 0.1) is 11.8 Å². The van der Waals surface area contributed by atoms with Gasteiger partial charge in [0, 0.05) is 11.8 Å². The average Bonchev–Trinajstić information content (AvgIpc) is 2.73. The first-order valence-electron chi connectivity index (χ1n) is 8.17. The molecule has 1 aliphatic heterocycles. The Balaban J connectivity index is 1.89. The Bertz CT molecular complexity index is 256. The molecule has 2 fully saturated rings. The van der Waals surface area contributed by atoms with Gasteiger partial charge in [0.05, 0.1) is 40.3 Å². The zero-order valence-corrected chi connectivity index (χ0v) is 13.1. The Kier molecular flexibility index (Phi) is 4.38. The predicted octanol–water partition coefficient (Wildman–Crippen LogP) is 2.74. The van der Waals surface area contributed by atoms with Gasteiger partial charge in [-0.25, -0.2) is 0 Å². The molecule has 0 aromatic rings. The zero-order valence-electron chi connectivity index (χ0n) is 13.1. The number of hydrogen-bond donors (Lipinski definition) is 0. The Labute approximate surface area is 114 Å². The number of fused-ring (bicyclic) bond motifs is 1. The quantitative estimate of drug-likeness (QED) is 0.662. The summed E-state index contributed by atoms with van der Waals surface area (Å²) >= 11 is 0. The molecule has 106 valence electrons. The Morgan fingerprint density at radius 2 is 1.50 bits per heavy atom. The summed E-state index contributed by atoms with van der Waals surface area (Å²) in [5, 5.41) is 0. The lowest BCUT2D eigenvalue weighted by Crippen LogP contribution is -2.53. The molecule has 2 rings (SSSR count). The smallest absolute Gasteiger partial charge is 0.128 e. The molecule has 2 atom stereocenters. The molecule has 1 saturated heterocycles. The summed E-state index contributed by atoms with van der Waals surface area (Å²) in [6.45, 7) is 12.9. The summed E-state index contributed by atoms with van der Waals surface area (Å²) in [4.78, 5) is 0. The second kappa shape index (κ2) is 5.50. The van der Waals surface area contributed by atoms with E-state index >= 15 is 0 Å². The molecule has 0 spiro atoms. The lowest BCUT2D eigenvalue weighted by molar-refractivity contribution is -0.958. The van der Waals surface area contributed by atoms with Crippen molar-refractivity contribution in [2.45, 2.75) is 39.5 Å². The largest absolute Gasteiger partial charge is 0.322 e. The van der Waals surface area contributed by atoms with Crippen LogP contribution < -0.4 is 0 Å². The first kappa shape index (κ1) is 14.3. The van der Waals surface area contributed by atoms with Gasteiger partial charge in [0.25, 0.3) is 0 Å². The Morgan fingerprint density at radius 3 is 1.94 bits per heavy atom. The number of rotatable bonds is 5. The first-order valence-corrected chi connectivity index (χ1v) is 8.17. The van der Waals surface area contributed by atoms with E-state index in [9.17, 15) is 0 Å². The van der Waals surface area contributed by atoms with E-state index in [0.717, 1.165) is 11.8 Å². The van der Waals surface area contributed by atoms with Gasteiger partial charge in [0.1, 0.15) is 13.1 Å². The minimum Gasteiger partial charge on any atom is -0.322 e. The molecule has 0 aromatic heterocycles. The molecule has 18 heavy (non-hydrogen) atoms. The van der Waals surface area contributed by atoms with Crippen molar-refractivity contribution in [1.82, 2.24) is 0 Å². The fraction of sp³-hybridized carbons (Fsp3) is 1.00. The number of likely N-dealkylation sites (N-methyl/N-ethyl adjacent to an activating group) is 2. The summed E-state index contributed by atoms with van der Waals surface area (Å²) in [6, 6.07) is 0. The van der Waals surface area contributed by atoms with Crippen molar-refractivity contribution in [3.05, 3.63) is 0 Å². The molecule has 0 N–H and O–H groups in total. The van der Waals surface area contributed by atoms with Crippen LogP contribution in [0.25, 0.3) is 0 Å². The van der Waals surface area contributed by atoms with Gasteiger partial charge in [-0.3, -0.25) is 0 Å². The minimum absolute atomic E-state index is 1.06. The third-order valence-electron chi connectivity index (χ3n) is 6.12. The van der Waals surface area contributed by atoms with Crippen molar-refractivity contribution in [3.8, 4) is 0 Å². The number of nitrogens with zero attached hydrogens (tertiary/aromatic N) is 2. The molecule has 0 aromatic carbocycles. The highest BCUT2D eigenvalue weighted by Crippen LogP contribution is 2.38. The standard InChI is InChI=1S/C16H34N2/c1-5-17(3,6-2)11-12-18(4)13-15-9-7-8-10-16(15)14-18/h15-16H,5-14H2,1-4H3/q+2. The lowest BCUT2D eigenvalue weighted by Gasteiger charge is -2.37. The topological polar surface area (TPSA) is 0 Å². The normalized spacial score (nSPS) is 36.7. The van der Waals surface area contributed by atoms with Crippen molar-refractivity contribution in [2.24, 2.45) is 11.8 Å². The summed E-state index contributed by atoms with van der Waals surface area (Å²) in [7, 11) is 4.95. The zero-order chi connectivity index (χ0) is 13.2. The van der Waals surface area contributed by atoms with E-state index in [1.54, 1.807) is 0 Å². The Morgan fingerprint density at radius 1 is 1.00 bits per heavy atom. The van der Waals surface area contributed by atoms with Gasteiger partial charge in [0.15, 0.2) is 0 Å². The molecule has 2 unspecified atom stereocenters. The number of hydrogen-bond acceptors (Lipinski definition) is 0. The molecule has 0 amide bonds. The van der Waals surface area contributed by atoms with Crippen LogP contribution in [0.5, 0.6) is 0 Å². The highest BCUT2D eigenvalue weighted by Gasteiger charge is 2.43. The summed E-state index contributed by atoms with van der Waals surface area (Å²) in [6.07, 6.45) is 6.04. The molecular formula is C16H34N2+2. The van der Waals surface area contributed by atoms with Gasteiger partial charge < -0.3 is 8.97 Å². The van der Waals surface area contributed by atoms with Crippen molar-refractivity contribution in [1.29, 1.82) is 0 Å². The van der Waals surface area contributed by atoms with Crippen LogP contribution in [0.15, 0.2) is 0 Å². The van der Waals surface area contributed by atoms with Gasteiger partial charge in [0.2, 0.25) is 0 Å². The predicted molar refractivity (Wildman–Crippen MR) is 78.4 cm³/mol. The summed E-state index contributed by atoms with van der Waals surface area (Å²) < 4.78 is 2.62. The third-order valence-corrected chi connectivity index (χ3v) is 6.12. The minimum atomic E-state index is 1.06. The van der Waals surface area contributed by atoms with E-state index in [2.05, 4.69) is 27.9 Å². The molecule has 0 bridgehead atoms. The van der Waals surface area contributed by atoms with Gasteiger partial charge in [-0.05, 0) is 26.7 Å². The molecular weight excluding hydrogens is 220 g/mol. The first-order chi connectivity index (χ1) is 8.50. The highest BCUT2D eigenvalue weighted by molar-refractivity contribution is 4.80. The van der Waals surface area contributed by atoms with E-state index in [4.69, 9.17) is 0 Å². The van der Waals surface area contributed by atoms with Gasteiger partial charge in [-0.15, -0.1) is 0 Å². The molecule has 1 saturated carbocycles. The molecule has 2 nitrogen and oxygen atoms in total. The van der Waals surface area contributed by atoms with E-state index < -0.39 is 0 Å². The van der Waals surface area contributed by atoms with Gasteiger partial charge in [-0.2, -0.15) is 0 Å². The van der Waals surface area contributed by atoms with Gasteiger partial charge >= 0.3 is 0 Å². The second-order valence-electron chi connectivity index (χ2n) is 7.49. The fourth-order valence-electron chi connectivity index (χ4n) is 4.18. The maximum absolute atomic E-state index is 2.52. The van der Waals surface area contributed by atoms with Crippen molar-refractivity contribution in [2.75, 3.05) is 53.4 Å². The summed E-state index contributed by atoms with van der Waals surface area (Å²) in [5.74, 6) is 2.12. The van der Waals surface area contributed by atoms with Crippen LogP contribution in [-0.4, -0.2) is 62.3 Å². The molecule has 1 aliphatic carbocycles. The number of quaternary nitrogens is 2. The number of likely N-dealkylation sites (tertiary alicyclic amines) is 1. The molecule has 2 heteroatoms. The fourth-order valence-corrected chi connectivity index (χ4v) is 4.18. The monoisotopic (exact) mass is 254 g/mol.